The van der Waals surface area contributed by atoms with Crippen molar-refractivity contribution >= 4 is 39.3 Å². The number of hydrogen-bond donors (Lipinski definition) is 2. The fraction of sp³-hybridized carbons (Fsp3) is 0.467. The Labute approximate surface area is 228 Å². The Hall–Kier alpha value is -3.26. The number of amides is 3. The summed E-state index contributed by atoms with van der Waals surface area (Å²) in [6, 6.07) is 11.5. The zero-order valence-corrected chi connectivity index (χ0v) is 23.5. The van der Waals surface area contributed by atoms with Crippen LogP contribution in [0.15, 0.2) is 48.0 Å². The van der Waals surface area contributed by atoms with Gasteiger partial charge in [0.2, 0.25) is 17.7 Å². The maximum atomic E-state index is 14.4. The highest BCUT2D eigenvalue weighted by Gasteiger charge is 2.49. The molecular formula is C30H36N4O3S. The third kappa shape index (κ3) is 5.19. The van der Waals surface area contributed by atoms with Gasteiger partial charge in [0.1, 0.15) is 18.1 Å². The van der Waals surface area contributed by atoms with Gasteiger partial charge in [-0.05, 0) is 80.7 Å². The molecule has 2 heterocycles. The van der Waals surface area contributed by atoms with Crippen molar-refractivity contribution in [2.75, 3.05) is 0 Å². The summed E-state index contributed by atoms with van der Waals surface area (Å²) in [5.74, 6) is -0.560. The van der Waals surface area contributed by atoms with Gasteiger partial charge in [-0.1, -0.05) is 44.2 Å². The number of hydrogen-bond acceptors (Lipinski definition) is 5. The van der Waals surface area contributed by atoms with E-state index in [1.807, 2.05) is 65.0 Å². The summed E-state index contributed by atoms with van der Waals surface area (Å²) in [6.07, 6.45) is 1.92. The molecule has 8 heteroatoms. The molecule has 0 saturated carbocycles. The number of fused-ring (bicyclic) bond motifs is 2. The van der Waals surface area contributed by atoms with Crippen molar-refractivity contribution in [3.8, 4) is 0 Å². The molecule has 3 amide bonds. The van der Waals surface area contributed by atoms with E-state index < -0.39 is 23.7 Å². The summed E-state index contributed by atoms with van der Waals surface area (Å²) in [5, 5.41) is 6.17. The lowest BCUT2D eigenvalue weighted by Crippen LogP contribution is -2.67. The minimum Gasteiger partial charge on any atom is -0.349 e. The third-order valence-corrected chi connectivity index (χ3v) is 8.19. The van der Waals surface area contributed by atoms with Gasteiger partial charge in [-0.25, -0.2) is 4.98 Å². The van der Waals surface area contributed by atoms with Gasteiger partial charge in [0.25, 0.3) is 0 Å². The molecule has 3 aromatic rings. The topological polar surface area (TPSA) is 91.4 Å². The second-order valence-corrected chi connectivity index (χ2v) is 12.9. The summed E-state index contributed by atoms with van der Waals surface area (Å²) >= 11 is 1.49. The molecule has 2 aliphatic rings. The summed E-state index contributed by atoms with van der Waals surface area (Å²) in [6.45, 7) is 9.82. The van der Waals surface area contributed by atoms with Crippen LogP contribution in [-0.4, -0.2) is 45.2 Å². The molecular weight excluding hydrogens is 496 g/mol. The van der Waals surface area contributed by atoms with Gasteiger partial charge in [0, 0.05) is 5.54 Å². The van der Waals surface area contributed by atoms with Crippen LogP contribution >= 0.6 is 11.3 Å². The molecule has 1 saturated heterocycles. The lowest BCUT2D eigenvalue weighted by molar-refractivity contribution is -0.158. The molecule has 0 spiro atoms. The molecule has 1 aliphatic carbocycles. The van der Waals surface area contributed by atoms with E-state index in [4.69, 9.17) is 0 Å². The lowest BCUT2D eigenvalue weighted by atomic mass is 9.87. The Balaban J connectivity index is 1.58. The van der Waals surface area contributed by atoms with Crippen molar-refractivity contribution in [1.82, 2.24) is 20.5 Å². The highest BCUT2D eigenvalue weighted by Crippen LogP contribution is 2.36. The Bertz CT molecular complexity index is 1350. The first-order chi connectivity index (χ1) is 18.0. The molecule has 0 radical (unpaired) electrons. The van der Waals surface area contributed by atoms with Crippen molar-refractivity contribution < 1.29 is 14.4 Å². The minimum absolute atomic E-state index is 0.0540. The number of thiazole rings is 1. The molecule has 2 N–H and O–H groups in total. The predicted molar refractivity (Wildman–Crippen MR) is 150 cm³/mol. The van der Waals surface area contributed by atoms with Crippen molar-refractivity contribution in [2.24, 2.45) is 11.8 Å². The third-order valence-electron chi connectivity index (χ3n) is 7.40. The molecule has 200 valence electrons. The summed E-state index contributed by atoms with van der Waals surface area (Å²) in [4.78, 5) is 48.1. The zero-order valence-electron chi connectivity index (χ0n) is 22.7. The normalized spacial score (nSPS) is 21.1. The molecule has 2 aromatic carbocycles. The second kappa shape index (κ2) is 10.1. The molecule has 1 aliphatic heterocycles. The molecule has 7 nitrogen and oxygen atoms in total. The van der Waals surface area contributed by atoms with Crippen molar-refractivity contribution in [1.29, 1.82) is 0 Å². The summed E-state index contributed by atoms with van der Waals surface area (Å²) in [5.41, 5.74) is 5.23. The number of carbonyl (C=O) groups is 3. The second-order valence-electron chi connectivity index (χ2n) is 12.0. The van der Waals surface area contributed by atoms with Crippen LogP contribution < -0.4 is 10.6 Å². The van der Waals surface area contributed by atoms with Crippen molar-refractivity contribution in [3.05, 3.63) is 64.7 Å². The standard InChI is InChI=1S/C30H36N4O3S/c1-17(2)12-23-27(35)32-25(21-13-18-8-6-7-9-19(18)14-21)29(37)34(23)26(28(36)33-30(3,4)5)20-10-11-22-24(15-20)38-16-31-22/h6-11,15-17,21,23,25-26H,12-14H2,1-5H3,(H,32,35)(H,33,36)/t23-,25?,26-/m1/s1. The van der Waals surface area contributed by atoms with Crippen LogP contribution in [0.4, 0.5) is 0 Å². The molecule has 5 rings (SSSR count). The molecule has 3 atom stereocenters. The Morgan fingerprint density at radius 1 is 1.13 bits per heavy atom. The van der Waals surface area contributed by atoms with Gasteiger partial charge in [0.05, 0.1) is 15.7 Å². The quantitative estimate of drug-likeness (QED) is 0.492. The van der Waals surface area contributed by atoms with Crippen LogP contribution in [-0.2, 0) is 27.2 Å². The average molecular weight is 533 g/mol. The monoisotopic (exact) mass is 532 g/mol. The maximum Gasteiger partial charge on any atom is 0.247 e. The minimum atomic E-state index is -0.936. The predicted octanol–water partition coefficient (Wildman–Crippen LogP) is 4.41. The highest BCUT2D eigenvalue weighted by atomic mass is 32.1. The fourth-order valence-electron chi connectivity index (χ4n) is 5.79. The van der Waals surface area contributed by atoms with E-state index in [9.17, 15) is 14.4 Å². The summed E-state index contributed by atoms with van der Waals surface area (Å²) < 4.78 is 0.938. The molecule has 38 heavy (non-hydrogen) atoms. The van der Waals surface area contributed by atoms with E-state index in [2.05, 4.69) is 27.8 Å². The van der Waals surface area contributed by atoms with E-state index in [0.717, 1.165) is 23.1 Å². The summed E-state index contributed by atoms with van der Waals surface area (Å²) in [7, 11) is 0. The Morgan fingerprint density at radius 3 is 2.45 bits per heavy atom. The first-order valence-corrected chi connectivity index (χ1v) is 14.2. The van der Waals surface area contributed by atoms with Gasteiger partial charge < -0.3 is 15.5 Å². The largest absolute Gasteiger partial charge is 0.349 e. The Morgan fingerprint density at radius 2 is 1.82 bits per heavy atom. The molecule has 1 fully saturated rings. The number of nitrogens with one attached hydrogen (secondary N) is 2. The first-order valence-electron chi connectivity index (χ1n) is 13.4. The zero-order chi connectivity index (χ0) is 27.2. The number of rotatable bonds is 6. The number of piperazine rings is 1. The van der Waals surface area contributed by atoms with Crippen LogP contribution in [0.5, 0.6) is 0 Å². The molecule has 1 unspecified atom stereocenters. The van der Waals surface area contributed by atoms with E-state index in [1.165, 1.54) is 22.5 Å². The van der Waals surface area contributed by atoms with Gasteiger partial charge in [0.15, 0.2) is 0 Å². The van der Waals surface area contributed by atoms with Gasteiger partial charge in [-0.15, -0.1) is 11.3 Å². The van der Waals surface area contributed by atoms with Crippen LogP contribution in [0.3, 0.4) is 0 Å². The van der Waals surface area contributed by atoms with Crippen LogP contribution in [0.2, 0.25) is 0 Å². The number of nitrogens with zero attached hydrogens (tertiary/aromatic N) is 2. The number of aromatic nitrogens is 1. The van der Waals surface area contributed by atoms with Crippen LogP contribution in [0.25, 0.3) is 10.2 Å². The van der Waals surface area contributed by atoms with E-state index in [-0.39, 0.29) is 29.6 Å². The van der Waals surface area contributed by atoms with E-state index in [0.29, 0.717) is 12.0 Å². The Kier molecular flexibility index (Phi) is 7.03. The first kappa shape index (κ1) is 26.4. The van der Waals surface area contributed by atoms with Crippen molar-refractivity contribution in [2.45, 2.75) is 77.5 Å². The number of carbonyl (C=O) groups excluding carboxylic acids is 3. The van der Waals surface area contributed by atoms with E-state index >= 15 is 0 Å². The highest BCUT2D eigenvalue weighted by molar-refractivity contribution is 7.16. The van der Waals surface area contributed by atoms with Crippen LogP contribution in [0.1, 0.15) is 63.8 Å². The fourth-order valence-corrected chi connectivity index (χ4v) is 6.52. The smallest absolute Gasteiger partial charge is 0.247 e. The molecule has 0 bridgehead atoms. The van der Waals surface area contributed by atoms with E-state index in [1.54, 1.807) is 10.4 Å². The lowest BCUT2D eigenvalue weighted by Gasteiger charge is -2.45. The van der Waals surface area contributed by atoms with Crippen molar-refractivity contribution in [3.63, 3.8) is 0 Å². The van der Waals surface area contributed by atoms with Crippen LogP contribution in [0, 0.1) is 11.8 Å². The van der Waals surface area contributed by atoms with Gasteiger partial charge in [-0.2, -0.15) is 0 Å². The number of benzene rings is 2. The average Bonchev–Trinajstić information content (AvgIpc) is 3.48. The van der Waals surface area contributed by atoms with Gasteiger partial charge >= 0.3 is 0 Å². The molecule has 1 aromatic heterocycles. The maximum absolute atomic E-state index is 14.4. The SMILES string of the molecule is CC(C)C[C@@H]1C(=O)NC(C2Cc3ccccc3C2)C(=O)N1[C@@H](C(=O)NC(C)(C)C)c1ccc2ncsc2c1. The van der Waals surface area contributed by atoms with Gasteiger partial charge in [-0.3, -0.25) is 14.4 Å².